The molecular formula is C14H12N6O. The molecule has 0 saturated carbocycles. The summed E-state index contributed by atoms with van der Waals surface area (Å²) in [4.78, 5) is 22.0. The lowest BCUT2D eigenvalue weighted by molar-refractivity contribution is 0.0816. The van der Waals surface area contributed by atoms with E-state index < -0.39 is 0 Å². The summed E-state index contributed by atoms with van der Waals surface area (Å²) in [6.45, 7) is 0.629. The summed E-state index contributed by atoms with van der Waals surface area (Å²) in [5, 5.41) is 7.08. The van der Waals surface area contributed by atoms with Gasteiger partial charge in [-0.05, 0) is 17.7 Å². The molecule has 0 bridgehead atoms. The number of carbonyl (C=O) groups excluding carboxylic acids is 1. The highest BCUT2D eigenvalue weighted by Gasteiger charge is 2.24. The number of nitrogens with zero attached hydrogens (tertiary/aromatic N) is 5. The number of hydrogen-bond donors (Lipinski definition) is 1. The summed E-state index contributed by atoms with van der Waals surface area (Å²) in [6.07, 6.45) is 5.10. The van der Waals surface area contributed by atoms with Gasteiger partial charge in [-0.2, -0.15) is 4.98 Å². The number of fused-ring (bicyclic) bond motifs is 1. The zero-order valence-electron chi connectivity index (χ0n) is 11.3. The van der Waals surface area contributed by atoms with E-state index in [0.29, 0.717) is 18.3 Å². The van der Waals surface area contributed by atoms with Gasteiger partial charge >= 0.3 is 0 Å². The van der Waals surface area contributed by atoms with E-state index in [1.165, 1.54) is 0 Å². The molecule has 0 saturated heterocycles. The number of carbonyl (C=O) groups is 1. The Morgan fingerprint density at radius 3 is 3.05 bits per heavy atom. The van der Waals surface area contributed by atoms with Crippen LogP contribution in [0.3, 0.4) is 0 Å². The smallest absolute Gasteiger partial charge is 0.254 e. The number of imidazole rings is 1. The van der Waals surface area contributed by atoms with Gasteiger partial charge < -0.3 is 4.90 Å². The van der Waals surface area contributed by atoms with Gasteiger partial charge in [-0.1, -0.05) is 6.07 Å². The van der Waals surface area contributed by atoms with Crippen LogP contribution in [0.4, 0.5) is 0 Å². The average molecular weight is 280 g/mol. The zero-order chi connectivity index (χ0) is 14.4. The van der Waals surface area contributed by atoms with Gasteiger partial charge in [0.25, 0.3) is 11.9 Å². The normalized spacial score (nSPS) is 13.8. The Morgan fingerprint density at radius 2 is 2.24 bits per heavy atom. The third-order valence-electron chi connectivity index (χ3n) is 3.57. The van der Waals surface area contributed by atoms with E-state index in [4.69, 9.17) is 0 Å². The highest BCUT2D eigenvalue weighted by Crippen LogP contribution is 2.26. The summed E-state index contributed by atoms with van der Waals surface area (Å²) >= 11 is 0. The molecule has 3 heterocycles. The number of rotatable bonds is 2. The van der Waals surface area contributed by atoms with Crippen molar-refractivity contribution in [3.05, 3.63) is 48.0 Å². The van der Waals surface area contributed by atoms with E-state index >= 15 is 0 Å². The van der Waals surface area contributed by atoms with Crippen LogP contribution in [-0.4, -0.2) is 42.6 Å². The second kappa shape index (κ2) is 4.27. The Labute approximate surface area is 120 Å². The Kier molecular flexibility index (Phi) is 2.41. The van der Waals surface area contributed by atoms with Crippen LogP contribution in [-0.2, 0) is 6.54 Å². The van der Waals surface area contributed by atoms with Crippen LogP contribution < -0.4 is 0 Å². The summed E-state index contributed by atoms with van der Waals surface area (Å²) in [5.41, 5.74) is 2.69. The monoisotopic (exact) mass is 280 g/mol. The average Bonchev–Trinajstić information content (AvgIpc) is 3.20. The summed E-state index contributed by atoms with van der Waals surface area (Å²) in [7, 11) is 1.80. The number of benzene rings is 1. The first-order chi connectivity index (χ1) is 10.2. The molecule has 4 rings (SSSR count). The van der Waals surface area contributed by atoms with Gasteiger partial charge in [0.05, 0.1) is 0 Å². The van der Waals surface area contributed by atoms with Crippen molar-refractivity contribution in [1.29, 1.82) is 0 Å². The molecule has 1 aliphatic rings. The Bertz CT molecular complexity index is 820. The van der Waals surface area contributed by atoms with Crippen LogP contribution in [0.25, 0.3) is 17.3 Å². The molecule has 1 aliphatic heterocycles. The van der Waals surface area contributed by atoms with Gasteiger partial charge in [-0.25, -0.2) is 4.98 Å². The van der Waals surface area contributed by atoms with Crippen molar-refractivity contribution in [1.82, 2.24) is 29.6 Å². The number of hydrogen-bond acceptors (Lipinski definition) is 4. The molecule has 0 fully saturated rings. The van der Waals surface area contributed by atoms with Crippen molar-refractivity contribution < 1.29 is 4.79 Å². The second-order valence-corrected chi connectivity index (χ2v) is 4.99. The number of amides is 1. The Balaban J connectivity index is 1.72. The van der Waals surface area contributed by atoms with Crippen molar-refractivity contribution in [2.24, 2.45) is 0 Å². The molecule has 7 nitrogen and oxygen atoms in total. The predicted molar refractivity (Wildman–Crippen MR) is 74.7 cm³/mol. The van der Waals surface area contributed by atoms with E-state index in [1.807, 2.05) is 18.2 Å². The molecular weight excluding hydrogens is 268 g/mol. The molecule has 2 aromatic heterocycles. The third-order valence-corrected chi connectivity index (χ3v) is 3.57. The minimum atomic E-state index is 0.0632. The standard InChI is InChI=1S/C14H12N6O/c1-19-7-10-6-9(2-3-11(10)13(19)21)12-16-14(18-17-12)20-5-4-15-8-20/h2-6,8H,7H2,1H3,(H,16,17,18). The van der Waals surface area contributed by atoms with Crippen LogP contribution in [0.1, 0.15) is 15.9 Å². The van der Waals surface area contributed by atoms with Crippen LogP contribution in [0.2, 0.25) is 0 Å². The molecule has 21 heavy (non-hydrogen) atoms. The molecule has 0 unspecified atom stereocenters. The molecule has 7 heteroatoms. The molecule has 0 spiro atoms. The van der Waals surface area contributed by atoms with Crippen molar-refractivity contribution in [2.45, 2.75) is 6.54 Å². The minimum absolute atomic E-state index is 0.0632. The lowest BCUT2D eigenvalue weighted by Gasteiger charge is -2.04. The van der Waals surface area contributed by atoms with Crippen LogP contribution in [0.15, 0.2) is 36.9 Å². The number of aromatic amines is 1. The molecule has 0 radical (unpaired) electrons. The summed E-state index contributed by atoms with van der Waals surface area (Å²) in [6, 6.07) is 5.71. The fourth-order valence-electron chi connectivity index (χ4n) is 2.49. The molecule has 1 aromatic carbocycles. The maximum atomic E-state index is 11.9. The topological polar surface area (TPSA) is 79.7 Å². The van der Waals surface area contributed by atoms with Gasteiger partial charge in [-0.3, -0.25) is 14.5 Å². The Hall–Kier alpha value is -2.96. The van der Waals surface area contributed by atoms with Gasteiger partial charge in [0.1, 0.15) is 6.33 Å². The third kappa shape index (κ3) is 1.82. The molecule has 104 valence electrons. The molecule has 0 aliphatic carbocycles. The van der Waals surface area contributed by atoms with Gasteiger partial charge in [0.2, 0.25) is 0 Å². The first-order valence-corrected chi connectivity index (χ1v) is 6.52. The largest absolute Gasteiger partial charge is 0.337 e. The SMILES string of the molecule is CN1Cc2cc(-c3nc(-n4ccnc4)n[nH]3)ccc2C1=O. The van der Waals surface area contributed by atoms with E-state index in [2.05, 4.69) is 20.2 Å². The Morgan fingerprint density at radius 1 is 1.33 bits per heavy atom. The van der Waals surface area contributed by atoms with E-state index in [1.54, 1.807) is 35.2 Å². The first kappa shape index (κ1) is 11.8. The lowest BCUT2D eigenvalue weighted by Crippen LogP contribution is -2.17. The molecule has 3 aromatic rings. The molecule has 1 amide bonds. The van der Waals surface area contributed by atoms with Gasteiger partial charge in [-0.15, -0.1) is 5.10 Å². The number of aromatic nitrogens is 5. The second-order valence-electron chi connectivity index (χ2n) is 4.99. The number of H-pyrrole nitrogens is 1. The summed E-state index contributed by atoms with van der Waals surface area (Å²) in [5.74, 6) is 1.27. The quantitative estimate of drug-likeness (QED) is 0.766. The van der Waals surface area contributed by atoms with Crippen molar-refractivity contribution >= 4 is 5.91 Å². The fraction of sp³-hybridized carbons (Fsp3) is 0.143. The van der Waals surface area contributed by atoms with Crippen LogP contribution in [0, 0.1) is 0 Å². The lowest BCUT2D eigenvalue weighted by atomic mass is 10.1. The maximum Gasteiger partial charge on any atom is 0.254 e. The van der Waals surface area contributed by atoms with E-state index in [9.17, 15) is 4.79 Å². The molecule has 0 atom stereocenters. The van der Waals surface area contributed by atoms with Crippen LogP contribution >= 0.6 is 0 Å². The maximum absolute atomic E-state index is 11.9. The molecule has 1 N–H and O–H groups in total. The summed E-state index contributed by atoms with van der Waals surface area (Å²) < 4.78 is 1.73. The first-order valence-electron chi connectivity index (χ1n) is 6.52. The van der Waals surface area contributed by atoms with Gasteiger partial charge in [0.15, 0.2) is 5.82 Å². The highest BCUT2D eigenvalue weighted by molar-refractivity contribution is 5.98. The highest BCUT2D eigenvalue weighted by atomic mass is 16.2. The van der Waals surface area contributed by atoms with Crippen molar-refractivity contribution in [3.63, 3.8) is 0 Å². The fourth-order valence-corrected chi connectivity index (χ4v) is 2.49. The number of nitrogens with one attached hydrogen (secondary N) is 1. The van der Waals surface area contributed by atoms with Crippen LogP contribution in [0.5, 0.6) is 0 Å². The van der Waals surface area contributed by atoms with E-state index in [0.717, 1.165) is 16.7 Å². The zero-order valence-corrected chi connectivity index (χ0v) is 11.3. The van der Waals surface area contributed by atoms with Crippen molar-refractivity contribution in [2.75, 3.05) is 7.05 Å². The predicted octanol–water partition coefficient (Wildman–Crippen LogP) is 1.24. The van der Waals surface area contributed by atoms with Gasteiger partial charge in [0, 0.05) is 37.1 Å². The minimum Gasteiger partial charge on any atom is -0.337 e. The van der Waals surface area contributed by atoms with E-state index in [-0.39, 0.29) is 5.91 Å². The van der Waals surface area contributed by atoms with Crippen molar-refractivity contribution in [3.8, 4) is 17.3 Å².